The summed E-state index contributed by atoms with van der Waals surface area (Å²) in [6, 6.07) is 0.689. The molecule has 2 heterocycles. The van der Waals surface area contributed by atoms with Crippen molar-refractivity contribution >= 4 is 0 Å². The predicted molar refractivity (Wildman–Crippen MR) is 58.7 cm³/mol. The van der Waals surface area contributed by atoms with Crippen LogP contribution in [-0.4, -0.2) is 79.4 Å². The Morgan fingerprint density at radius 1 is 1.31 bits per heavy atom. The first kappa shape index (κ1) is 12.2. The second-order valence-corrected chi connectivity index (χ2v) is 4.62. The van der Waals surface area contributed by atoms with E-state index < -0.39 is 0 Å². The van der Waals surface area contributed by atoms with Gasteiger partial charge in [0.15, 0.2) is 0 Å². The number of rotatable bonds is 6. The molecule has 2 rings (SSSR count). The van der Waals surface area contributed by atoms with Crippen LogP contribution in [0.15, 0.2) is 0 Å². The van der Waals surface area contributed by atoms with Gasteiger partial charge in [-0.3, -0.25) is 20.0 Å². The zero-order valence-corrected chi connectivity index (χ0v) is 9.84. The predicted octanol–water partition coefficient (Wildman–Crippen LogP) is -0.313. The van der Waals surface area contributed by atoms with Gasteiger partial charge < -0.3 is 4.74 Å². The van der Waals surface area contributed by atoms with E-state index in [1.54, 1.807) is 0 Å². The quantitative estimate of drug-likeness (QED) is 0.384. The number of hydrogen-bond donors (Lipinski definition) is 1. The minimum Gasteiger partial charge on any atom is -0.364 e. The van der Waals surface area contributed by atoms with Gasteiger partial charge in [-0.15, -0.1) is 0 Å². The molecule has 0 bridgehead atoms. The van der Waals surface area contributed by atoms with Crippen LogP contribution >= 0.6 is 0 Å². The smallest absolute Gasteiger partial charge is 0.105 e. The molecule has 0 saturated carbocycles. The van der Waals surface area contributed by atoms with Gasteiger partial charge in [0, 0.05) is 19.1 Å². The first-order chi connectivity index (χ1) is 7.79. The number of likely N-dealkylation sites (tertiary alicyclic amines) is 1. The van der Waals surface area contributed by atoms with Gasteiger partial charge in [-0.2, -0.15) is 0 Å². The Kier molecular flexibility index (Phi) is 4.51. The molecule has 2 saturated heterocycles. The Morgan fingerprint density at radius 2 is 2.12 bits per heavy atom. The zero-order chi connectivity index (χ0) is 11.4. The average molecular weight is 231 g/mol. The number of ether oxygens (including phenoxy) is 1. The van der Waals surface area contributed by atoms with Crippen molar-refractivity contribution in [1.29, 1.82) is 0 Å². The van der Waals surface area contributed by atoms with E-state index in [1.807, 2.05) is 0 Å². The van der Waals surface area contributed by atoms with Crippen molar-refractivity contribution in [3.8, 4) is 0 Å². The minimum absolute atomic E-state index is 0.244. The van der Waals surface area contributed by atoms with E-state index in [9.17, 15) is 0 Å². The first-order valence-corrected chi connectivity index (χ1v) is 5.78. The van der Waals surface area contributed by atoms with Gasteiger partial charge >= 0.3 is 0 Å². The van der Waals surface area contributed by atoms with Crippen molar-refractivity contribution in [3.05, 3.63) is 0 Å². The van der Waals surface area contributed by atoms with Crippen LogP contribution in [0.1, 0.15) is 6.42 Å². The van der Waals surface area contributed by atoms with E-state index in [0.29, 0.717) is 19.4 Å². The van der Waals surface area contributed by atoms with Crippen LogP contribution in [0.3, 0.4) is 0 Å². The molecular weight excluding hydrogens is 210 g/mol. The highest BCUT2D eigenvalue weighted by atomic mass is 17.1. The maximum Gasteiger partial charge on any atom is 0.105 e. The summed E-state index contributed by atoms with van der Waals surface area (Å²) in [4.78, 5) is 11.1. The lowest BCUT2D eigenvalue weighted by molar-refractivity contribution is -0.250. The van der Waals surface area contributed by atoms with Gasteiger partial charge in [0.1, 0.15) is 6.61 Å². The van der Waals surface area contributed by atoms with Crippen molar-refractivity contribution in [3.63, 3.8) is 0 Å². The van der Waals surface area contributed by atoms with E-state index in [2.05, 4.69) is 26.6 Å². The van der Waals surface area contributed by atoms with Crippen LogP contribution in [0.5, 0.6) is 0 Å². The molecule has 6 nitrogen and oxygen atoms in total. The highest BCUT2D eigenvalue weighted by Crippen LogP contribution is 2.19. The topological polar surface area (TPSA) is 48.4 Å². The third kappa shape index (κ3) is 3.13. The van der Waals surface area contributed by atoms with Crippen molar-refractivity contribution in [2.75, 3.05) is 53.4 Å². The lowest BCUT2D eigenvalue weighted by atomic mass is 10.2. The summed E-state index contributed by atoms with van der Waals surface area (Å²) in [6.07, 6.45) is 1.23. The molecule has 1 atom stereocenters. The molecular formula is C10H21N3O3. The molecule has 0 aliphatic carbocycles. The van der Waals surface area contributed by atoms with Gasteiger partial charge in [-0.1, -0.05) is 0 Å². The minimum atomic E-state index is 0.244. The fourth-order valence-corrected chi connectivity index (χ4v) is 2.33. The summed E-state index contributed by atoms with van der Waals surface area (Å²) in [7, 11) is 2.14. The maximum absolute atomic E-state index is 8.13. The first-order valence-electron chi connectivity index (χ1n) is 5.78. The Hall–Kier alpha value is -0.240. The summed E-state index contributed by atoms with van der Waals surface area (Å²) >= 11 is 0. The Balaban J connectivity index is 1.57. The molecule has 2 aliphatic rings. The summed E-state index contributed by atoms with van der Waals surface area (Å²) < 4.78 is 5.37. The largest absolute Gasteiger partial charge is 0.364 e. The molecule has 1 unspecified atom stereocenters. The Bertz CT molecular complexity index is 211. The molecule has 0 aromatic heterocycles. The van der Waals surface area contributed by atoms with Crippen LogP contribution < -0.4 is 0 Å². The van der Waals surface area contributed by atoms with E-state index >= 15 is 0 Å². The van der Waals surface area contributed by atoms with Crippen LogP contribution in [0.25, 0.3) is 0 Å². The van der Waals surface area contributed by atoms with Gasteiger partial charge in [0.05, 0.1) is 26.7 Å². The van der Waals surface area contributed by atoms with Gasteiger partial charge in [0.25, 0.3) is 0 Å². The summed E-state index contributed by atoms with van der Waals surface area (Å²) in [6.45, 7) is 5.72. The van der Waals surface area contributed by atoms with Crippen LogP contribution in [0.2, 0.25) is 0 Å². The van der Waals surface area contributed by atoms with Crippen LogP contribution in [-0.2, 0) is 9.62 Å². The van der Waals surface area contributed by atoms with Crippen LogP contribution in [0, 0.1) is 0 Å². The van der Waals surface area contributed by atoms with Crippen LogP contribution in [0.4, 0.5) is 0 Å². The molecule has 0 amide bonds. The molecule has 0 spiro atoms. The Labute approximate surface area is 96.2 Å². The Morgan fingerprint density at radius 3 is 2.81 bits per heavy atom. The number of hydrogen-bond acceptors (Lipinski definition) is 6. The highest BCUT2D eigenvalue weighted by molar-refractivity contribution is 4.85. The molecule has 6 heteroatoms. The van der Waals surface area contributed by atoms with Crippen molar-refractivity contribution < 1.29 is 14.9 Å². The fourth-order valence-electron chi connectivity index (χ4n) is 2.33. The SMILES string of the molecule is CN1CN(C2CCN(COCCOO)C2)C1. The molecule has 94 valence electrons. The summed E-state index contributed by atoms with van der Waals surface area (Å²) in [5.41, 5.74) is 0. The molecule has 2 fully saturated rings. The standard InChI is InChI=1S/C10H21N3O3/c1-11-7-13(8-11)10-2-3-12(6-10)9-15-4-5-16-14/h10,14H,2-9H2,1H3. The van der Waals surface area contributed by atoms with E-state index in [1.165, 1.54) is 6.42 Å². The number of nitrogens with zero attached hydrogens (tertiary/aromatic N) is 3. The van der Waals surface area contributed by atoms with E-state index in [4.69, 9.17) is 9.99 Å². The van der Waals surface area contributed by atoms with Gasteiger partial charge in [0.2, 0.25) is 0 Å². The third-order valence-electron chi connectivity index (χ3n) is 3.20. The highest BCUT2D eigenvalue weighted by Gasteiger charge is 2.32. The van der Waals surface area contributed by atoms with Gasteiger partial charge in [-0.25, -0.2) is 4.89 Å². The summed E-state index contributed by atoms with van der Waals surface area (Å²) in [5.74, 6) is 0. The zero-order valence-electron chi connectivity index (χ0n) is 9.84. The lowest BCUT2D eigenvalue weighted by Crippen LogP contribution is -2.57. The van der Waals surface area contributed by atoms with Crippen molar-refractivity contribution in [2.24, 2.45) is 0 Å². The van der Waals surface area contributed by atoms with Crippen molar-refractivity contribution in [1.82, 2.24) is 14.7 Å². The van der Waals surface area contributed by atoms with E-state index in [-0.39, 0.29) is 6.61 Å². The molecule has 1 N–H and O–H groups in total. The maximum atomic E-state index is 8.13. The van der Waals surface area contributed by atoms with Gasteiger partial charge in [-0.05, 0) is 13.5 Å². The third-order valence-corrected chi connectivity index (χ3v) is 3.20. The molecule has 0 aromatic rings. The molecule has 2 aliphatic heterocycles. The lowest BCUT2D eigenvalue weighted by Gasteiger charge is -2.43. The molecule has 16 heavy (non-hydrogen) atoms. The second-order valence-electron chi connectivity index (χ2n) is 4.62. The summed E-state index contributed by atoms with van der Waals surface area (Å²) in [5, 5.41) is 8.13. The van der Waals surface area contributed by atoms with Crippen molar-refractivity contribution in [2.45, 2.75) is 12.5 Å². The normalized spacial score (nSPS) is 28.5. The monoisotopic (exact) mass is 231 g/mol. The molecule has 0 aromatic carbocycles. The average Bonchev–Trinajstić information content (AvgIpc) is 2.68. The molecule has 0 radical (unpaired) electrons. The van der Waals surface area contributed by atoms with E-state index in [0.717, 1.165) is 26.4 Å². The second kappa shape index (κ2) is 5.90. The fraction of sp³-hybridized carbons (Fsp3) is 1.00.